The third-order valence-corrected chi connectivity index (χ3v) is 3.81. The molecule has 2 aromatic carbocycles. The van der Waals surface area contributed by atoms with E-state index in [4.69, 9.17) is 4.74 Å². The summed E-state index contributed by atoms with van der Waals surface area (Å²) in [5, 5.41) is 5.19. The van der Waals surface area contributed by atoms with Gasteiger partial charge in [-0.05, 0) is 43.3 Å². The highest BCUT2D eigenvalue weighted by atomic mass is 19.1. The Bertz CT molecular complexity index is 1010. The van der Waals surface area contributed by atoms with Crippen molar-refractivity contribution in [3.05, 3.63) is 83.9 Å². The molecule has 0 unspecified atom stereocenters. The maximum absolute atomic E-state index is 13.7. The van der Waals surface area contributed by atoms with Crippen molar-refractivity contribution in [1.29, 1.82) is 0 Å². The Hall–Kier alpha value is -3.74. The second-order valence-corrected chi connectivity index (χ2v) is 5.75. The number of halogens is 1. The molecule has 3 rings (SSSR count). The largest absolute Gasteiger partial charge is 0.492 e. The molecule has 3 aromatic rings. The van der Waals surface area contributed by atoms with E-state index in [0.717, 1.165) is 0 Å². The van der Waals surface area contributed by atoms with E-state index < -0.39 is 17.6 Å². The van der Waals surface area contributed by atoms with Gasteiger partial charge in [-0.15, -0.1) is 0 Å². The third kappa shape index (κ3) is 4.50. The lowest BCUT2D eigenvalue weighted by Gasteiger charge is -2.11. The fourth-order valence-electron chi connectivity index (χ4n) is 2.49. The first kappa shape index (κ1) is 19.0. The van der Waals surface area contributed by atoms with Gasteiger partial charge in [0, 0.05) is 11.8 Å². The van der Waals surface area contributed by atoms with Crippen molar-refractivity contribution >= 4 is 23.2 Å². The Morgan fingerprint density at radius 2 is 1.64 bits per heavy atom. The highest BCUT2D eigenvalue weighted by molar-refractivity contribution is 6.08. The van der Waals surface area contributed by atoms with Gasteiger partial charge in [-0.1, -0.05) is 24.3 Å². The minimum absolute atomic E-state index is 0.00556. The molecule has 0 aliphatic heterocycles. The molecule has 0 aliphatic carbocycles. The predicted octanol–water partition coefficient (Wildman–Crippen LogP) is 4.12. The SMILES string of the molecule is CCOc1ccccc1NC(=O)c1ccnc(C(=O)Nc2ccccc2F)c1. The summed E-state index contributed by atoms with van der Waals surface area (Å²) in [4.78, 5) is 28.9. The van der Waals surface area contributed by atoms with Crippen molar-refractivity contribution in [3.63, 3.8) is 0 Å². The summed E-state index contributed by atoms with van der Waals surface area (Å²) in [6.07, 6.45) is 1.35. The average molecular weight is 379 g/mol. The molecule has 0 radical (unpaired) electrons. The molecular formula is C21H18FN3O3. The van der Waals surface area contributed by atoms with Crippen LogP contribution in [0.25, 0.3) is 0 Å². The smallest absolute Gasteiger partial charge is 0.274 e. The van der Waals surface area contributed by atoms with Gasteiger partial charge >= 0.3 is 0 Å². The van der Waals surface area contributed by atoms with Crippen molar-refractivity contribution < 1.29 is 18.7 Å². The first-order valence-corrected chi connectivity index (χ1v) is 8.63. The van der Waals surface area contributed by atoms with Crippen LogP contribution in [-0.2, 0) is 0 Å². The normalized spacial score (nSPS) is 10.2. The predicted molar refractivity (Wildman–Crippen MR) is 104 cm³/mol. The molecule has 0 saturated heterocycles. The van der Waals surface area contributed by atoms with E-state index in [-0.39, 0.29) is 16.9 Å². The Balaban J connectivity index is 1.76. The van der Waals surface area contributed by atoms with Gasteiger partial charge in [-0.2, -0.15) is 0 Å². The zero-order valence-electron chi connectivity index (χ0n) is 15.1. The average Bonchev–Trinajstić information content (AvgIpc) is 2.71. The third-order valence-electron chi connectivity index (χ3n) is 3.81. The number of rotatable bonds is 6. The maximum atomic E-state index is 13.7. The number of nitrogens with one attached hydrogen (secondary N) is 2. The summed E-state index contributed by atoms with van der Waals surface area (Å²) in [7, 11) is 0. The van der Waals surface area contributed by atoms with E-state index in [1.165, 1.54) is 36.5 Å². The Labute approximate surface area is 161 Å². The van der Waals surface area contributed by atoms with Crippen LogP contribution in [0.1, 0.15) is 27.8 Å². The molecule has 6 nitrogen and oxygen atoms in total. The molecule has 0 aliphatic rings. The van der Waals surface area contributed by atoms with Gasteiger partial charge in [0.25, 0.3) is 11.8 Å². The van der Waals surface area contributed by atoms with E-state index in [1.54, 1.807) is 30.3 Å². The molecule has 0 saturated carbocycles. The number of anilines is 2. The molecule has 0 bridgehead atoms. The maximum Gasteiger partial charge on any atom is 0.274 e. The number of carbonyl (C=O) groups excluding carboxylic acids is 2. The summed E-state index contributed by atoms with van der Waals surface area (Å²) in [5.41, 5.74) is 0.785. The highest BCUT2D eigenvalue weighted by Gasteiger charge is 2.15. The summed E-state index contributed by atoms with van der Waals surface area (Å²) >= 11 is 0. The molecule has 0 fully saturated rings. The number of ether oxygens (including phenoxy) is 1. The van der Waals surface area contributed by atoms with Crippen molar-refractivity contribution in [3.8, 4) is 5.75 Å². The van der Waals surface area contributed by atoms with E-state index in [1.807, 2.05) is 6.92 Å². The van der Waals surface area contributed by atoms with Crippen LogP contribution >= 0.6 is 0 Å². The molecule has 0 spiro atoms. The van der Waals surface area contributed by atoms with Crippen LogP contribution in [0, 0.1) is 5.82 Å². The van der Waals surface area contributed by atoms with Crippen molar-refractivity contribution in [1.82, 2.24) is 4.98 Å². The standard InChI is InChI=1S/C21H18FN3O3/c1-2-28-19-10-6-5-9-17(19)25-20(26)14-11-12-23-18(13-14)21(27)24-16-8-4-3-7-15(16)22/h3-13H,2H2,1H3,(H,24,27)(H,25,26). The fourth-order valence-corrected chi connectivity index (χ4v) is 2.49. The van der Waals surface area contributed by atoms with Gasteiger partial charge in [-0.3, -0.25) is 14.6 Å². The number of benzene rings is 2. The topological polar surface area (TPSA) is 80.3 Å². The van der Waals surface area contributed by atoms with Crippen LogP contribution in [0.3, 0.4) is 0 Å². The van der Waals surface area contributed by atoms with E-state index in [9.17, 15) is 14.0 Å². The first-order chi connectivity index (χ1) is 13.6. The number of aromatic nitrogens is 1. The summed E-state index contributed by atoms with van der Waals surface area (Å²) in [5.74, 6) is -1.05. The molecule has 142 valence electrons. The first-order valence-electron chi connectivity index (χ1n) is 8.63. The van der Waals surface area contributed by atoms with Gasteiger partial charge in [-0.25, -0.2) is 4.39 Å². The number of hydrogen-bond acceptors (Lipinski definition) is 4. The van der Waals surface area contributed by atoms with Crippen molar-refractivity contribution in [2.24, 2.45) is 0 Å². The zero-order valence-corrected chi connectivity index (χ0v) is 15.1. The van der Waals surface area contributed by atoms with E-state index in [0.29, 0.717) is 18.0 Å². The Morgan fingerprint density at radius 1 is 0.964 bits per heavy atom. The number of amides is 2. The number of carbonyl (C=O) groups is 2. The zero-order chi connectivity index (χ0) is 19.9. The van der Waals surface area contributed by atoms with Crippen LogP contribution < -0.4 is 15.4 Å². The highest BCUT2D eigenvalue weighted by Crippen LogP contribution is 2.24. The lowest BCUT2D eigenvalue weighted by molar-refractivity contribution is 0.102. The summed E-state index contributed by atoms with van der Waals surface area (Å²) < 4.78 is 19.2. The number of para-hydroxylation sites is 3. The van der Waals surface area contributed by atoms with Crippen LogP contribution in [0.5, 0.6) is 5.75 Å². The van der Waals surface area contributed by atoms with Crippen molar-refractivity contribution in [2.45, 2.75) is 6.92 Å². The number of pyridine rings is 1. The molecule has 2 amide bonds. The van der Waals surface area contributed by atoms with E-state index >= 15 is 0 Å². The van der Waals surface area contributed by atoms with Gasteiger partial charge < -0.3 is 15.4 Å². The van der Waals surface area contributed by atoms with E-state index in [2.05, 4.69) is 15.6 Å². The van der Waals surface area contributed by atoms with Gasteiger partial charge in [0.1, 0.15) is 17.3 Å². The summed E-state index contributed by atoms with van der Waals surface area (Å²) in [6, 6.07) is 15.7. The second kappa shape index (κ2) is 8.77. The molecule has 0 atom stereocenters. The van der Waals surface area contributed by atoms with Crippen molar-refractivity contribution in [2.75, 3.05) is 17.2 Å². The Kier molecular flexibility index (Phi) is 5.96. The molecule has 1 aromatic heterocycles. The molecule has 2 N–H and O–H groups in total. The number of hydrogen-bond donors (Lipinski definition) is 2. The molecular weight excluding hydrogens is 361 g/mol. The lowest BCUT2D eigenvalue weighted by atomic mass is 10.2. The molecule has 1 heterocycles. The Morgan fingerprint density at radius 3 is 2.39 bits per heavy atom. The number of nitrogens with zero attached hydrogens (tertiary/aromatic N) is 1. The van der Waals surface area contributed by atoms with Crippen LogP contribution in [0.4, 0.5) is 15.8 Å². The molecule has 7 heteroatoms. The fraction of sp³-hybridized carbons (Fsp3) is 0.0952. The lowest BCUT2D eigenvalue weighted by Crippen LogP contribution is -2.17. The monoisotopic (exact) mass is 379 g/mol. The quantitative estimate of drug-likeness (QED) is 0.675. The van der Waals surface area contributed by atoms with Gasteiger partial charge in [0.2, 0.25) is 0 Å². The summed E-state index contributed by atoms with van der Waals surface area (Å²) in [6.45, 7) is 2.31. The van der Waals surface area contributed by atoms with Crippen LogP contribution in [0.2, 0.25) is 0 Å². The second-order valence-electron chi connectivity index (χ2n) is 5.75. The van der Waals surface area contributed by atoms with Gasteiger partial charge in [0.05, 0.1) is 18.0 Å². The minimum Gasteiger partial charge on any atom is -0.492 e. The van der Waals surface area contributed by atoms with Crippen LogP contribution in [0.15, 0.2) is 66.9 Å². The van der Waals surface area contributed by atoms with Gasteiger partial charge in [0.15, 0.2) is 0 Å². The molecule has 28 heavy (non-hydrogen) atoms. The minimum atomic E-state index is -0.616. The van der Waals surface area contributed by atoms with Crippen LogP contribution in [-0.4, -0.2) is 23.4 Å².